The third-order valence-electron chi connectivity index (χ3n) is 6.54. The van der Waals surface area contributed by atoms with Crippen LogP contribution >= 0.6 is 0 Å². The number of allylic oxidation sites excluding steroid dienone is 4. The van der Waals surface area contributed by atoms with Crippen LogP contribution in [0.4, 0.5) is 0 Å². The topological polar surface area (TPSA) is 55.8 Å². The van der Waals surface area contributed by atoms with Gasteiger partial charge in [-0.2, -0.15) is 4.31 Å². The van der Waals surface area contributed by atoms with Gasteiger partial charge in [-0.15, -0.1) is 6.58 Å². The van der Waals surface area contributed by atoms with Gasteiger partial charge in [0, 0.05) is 19.5 Å². The molecule has 0 saturated heterocycles. The molecule has 0 N–H and O–H groups in total. The molecule has 32 heavy (non-hydrogen) atoms. The van der Waals surface area contributed by atoms with Crippen molar-refractivity contribution in [1.82, 2.24) is 4.31 Å². The molecule has 0 aromatic heterocycles. The van der Waals surface area contributed by atoms with Crippen LogP contribution < -0.4 is 4.74 Å². The van der Waals surface area contributed by atoms with E-state index in [0.717, 1.165) is 54.7 Å². The van der Waals surface area contributed by atoms with Gasteiger partial charge in [0.2, 0.25) is 10.0 Å². The Labute approximate surface area is 193 Å². The van der Waals surface area contributed by atoms with Crippen LogP contribution in [0.5, 0.6) is 5.75 Å². The first kappa shape index (κ1) is 24.6. The second kappa shape index (κ2) is 11.2. The Balaban J connectivity index is 1.89. The molecule has 2 atom stereocenters. The van der Waals surface area contributed by atoms with Gasteiger partial charge < -0.3 is 9.47 Å². The van der Waals surface area contributed by atoms with Crippen LogP contribution in [0.2, 0.25) is 0 Å². The maximum Gasteiger partial charge on any atom is 0.217 e. The van der Waals surface area contributed by atoms with Crippen molar-refractivity contribution in [2.75, 3.05) is 20.8 Å². The van der Waals surface area contributed by atoms with E-state index in [1.807, 2.05) is 49.4 Å². The fourth-order valence-electron chi connectivity index (χ4n) is 4.30. The van der Waals surface area contributed by atoms with Gasteiger partial charge in [0.05, 0.1) is 25.2 Å². The lowest BCUT2D eigenvalue weighted by Crippen LogP contribution is -2.42. The first-order valence-electron chi connectivity index (χ1n) is 11.5. The summed E-state index contributed by atoms with van der Waals surface area (Å²) in [6.45, 7) is 6.66. The minimum absolute atomic E-state index is 0.0387. The summed E-state index contributed by atoms with van der Waals surface area (Å²) in [6.07, 6.45) is 11.2. The zero-order chi connectivity index (χ0) is 23.1. The maximum absolute atomic E-state index is 14.0. The van der Waals surface area contributed by atoms with Crippen molar-refractivity contribution in [2.24, 2.45) is 11.8 Å². The standard InChI is InChI=1S/C26H37NO4S/c1-5-6-20(2)26(17-21-7-8-21)32(28,29)27(18-22-9-13-24(30-3)14-10-22)19-23-11-15-25(31-4)16-12-23/h5,9-11,13-15,20-21,26H,1,6-8,12,16-19H2,2-4H3/t20-,26-/m1/s1. The van der Waals surface area contributed by atoms with Crippen molar-refractivity contribution >= 4 is 10.0 Å². The van der Waals surface area contributed by atoms with E-state index >= 15 is 0 Å². The molecule has 0 spiro atoms. The first-order valence-corrected chi connectivity index (χ1v) is 13.0. The van der Waals surface area contributed by atoms with Crippen molar-refractivity contribution in [3.63, 3.8) is 0 Å². The van der Waals surface area contributed by atoms with Crippen LogP contribution in [0.3, 0.4) is 0 Å². The van der Waals surface area contributed by atoms with E-state index in [-0.39, 0.29) is 11.2 Å². The van der Waals surface area contributed by atoms with E-state index < -0.39 is 10.0 Å². The van der Waals surface area contributed by atoms with Gasteiger partial charge in [0.25, 0.3) is 0 Å². The highest BCUT2D eigenvalue weighted by Gasteiger charge is 2.39. The molecule has 176 valence electrons. The van der Waals surface area contributed by atoms with Crippen molar-refractivity contribution < 1.29 is 17.9 Å². The van der Waals surface area contributed by atoms with Gasteiger partial charge in [0.1, 0.15) is 5.75 Å². The number of hydrogen-bond donors (Lipinski definition) is 0. The molecule has 0 radical (unpaired) electrons. The molecule has 0 unspecified atom stereocenters. The highest BCUT2D eigenvalue weighted by Crippen LogP contribution is 2.39. The van der Waals surface area contributed by atoms with E-state index in [1.165, 1.54) is 0 Å². The molecule has 0 bridgehead atoms. The summed E-state index contributed by atoms with van der Waals surface area (Å²) in [5.74, 6) is 2.27. The summed E-state index contributed by atoms with van der Waals surface area (Å²) < 4.78 is 40.4. The molecular weight excluding hydrogens is 422 g/mol. The van der Waals surface area contributed by atoms with Gasteiger partial charge >= 0.3 is 0 Å². The maximum atomic E-state index is 14.0. The van der Waals surface area contributed by atoms with Gasteiger partial charge in [-0.1, -0.05) is 49.6 Å². The largest absolute Gasteiger partial charge is 0.501 e. The van der Waals surface area contributed by atoms with Crippen LogP contribution in [0.1, 0.15) is 51.0 Å². The Bertz CT molecular complexity index is 929. The summed E-state index contributed by atoms with van der Waals surface area (Å²) in [6, 6.07) is 7.66. The zero-order valence-electron chi connectivity index (χ0n) is 19.6. The molecule has 0 heterocycles. The number of rotatable bonds is 13. The molecule has 5 nitrogen and oxygen atoms in total. The van der Waals surface area contributed by atoms with E-state index in [1.54, 1.807) is 18.5 Å². The second-order valence-corrected chi connectivity index (χ2v) is 11.2. The van der Waals surface area contributed by atoms with Crippen LogP contribution in [0.15, 0.2) is 60.4 Å². The Hall–Kier alpha value is -2.05. The second-order valence-electron chi connectivity index (χ2n) is 9.04. The molecule has 1 saturated carbocycles. The van der Waals surface area contributed by atoms with E-state index in [2.05, 4.69) is 6.58 Å². The van der Waals surface area contributed by atoms with E-state index in [0.29, 0.717) is 25.4 Å². The molecule has 1 aromatic rings. The van der Waals surface area contributed by atoms with Gasteiger partial charge in [-0.3, -0.25) is 0 Å². The summed E-state index contributed by atoms with van der Waals surface area (Å²) in [7, 11) is -0.204. The number of nitrogens with zero attached hydrogens (tertiary/aromatic N) is 1. The van der Waals surface area contributed by atoms with Crippen molar-refractivity contribution in [1.29, 1.82) is 0 Å². The Kier molecular flexibility index (Phi) is 8.60. The number of ether oxygens (including phenoxy) is 2. The van der Waals surface area contributed by atoms with Crippen molar-refractivity contribution in [3.05, 3.63) is 66.0 Å². The molecule has 6 heteroatoms. The molecule has 0 aliphatic heterocycles. The summed E-state index contributed by atoms with van der Waals surface area (Å²) in [5, 5.41) is -0.388. The molecule has 1 fully saturated rings. The van der Waals surface area contributed by atoms with Gasteiger partial charge in [-0.05, 0) is 54.9 Å². The summed E-state index contributed by atoms with van der Waals surface area (Å²) in [5.41, 5.74) is 2.07. The quantitative estimate of drug-likeness (QED) is 0.368. The molecule has 1 aromatic carbocycles. The van der Waals surface area contributed by atoms with Gasteiger partial charge in [0.15, 0.2) is 0 Å². The van der Waals surface area contributed by atoms with Crippen LogP contribution in [0.25, 0.3) is 0 Å². The molecular formula is C26H37NO4S. The van der Waals surface area contributed by atoms with Crippen LogP contribution in [-0.2, 0) is 21.3 Å². The number of hydrogen-bond acceptors (Lipinski definition) is 4. The van der Waals surface area contributed by atoms with Crippen LogP contribution in [-0.4, -0.2) is 38.7 Å². The average Bonchev–Trinajstić information content (AvgIpc) is 3.62. The fourth-order valence-corrected chi connectivity index (χ4v) is 6.57. The fraction of sp³-hybridized carbons (Fsp3) is 0.538. The van der Waals surface area contributed by atoms with Crippen molar-refractivity contribution in [3.8, 4) is 5.75 Å². The number of sulfonamides is 1. The highest BCUT2D eigenvalue weighted by atomic mass is 32.2. The lowest BCUT2D eigenvalue weighted by molar-refractivity contribution is 0.274. The predicted octanol–water partition coefficient (Wildman–Crippen LogP) is 5.46. The molecule has 3 rings (SSSR count). The third-order valence-corrected chi connectivity index (χ3v) is 8.94. The first-order chi connectivity index (χ1) is 15.4. The Morgan fingerprint density at radius 1 is 1.09 bits per heavy atom. The number of methoxy groups -OCH3 is 2. The average molecular weight is 460 g/mol. The lowest BCUT2D eigenvalue weighted by atomic mass is 9.99. The Morgan fingerprint density at radius 3 is 2.34 bits per heavy atom. The zero-order valence-corrected chi connectivity index (χ0v) is 20.4. The highest BCUT2D eigenvalue weighted by molar-refractivity contribution is 7.89. The van der Waals surface area contributed by atoms with Crippen LogP contribution in [0, 0.1) is 11.8 Å². The summed E-state index contributed by atoms with van der Waals surface area (Å²) in [4.78, 5) is 0. The molecule has 2 aliphatic rings. The monoisotopic (exact) mass is 459 g/mol. The molecule has 2 aliphatic carbocycles. The minimum Gasteiger partial charge on any atom is -0.501 e. The van der Waals surface area contributed by atoms with E-state index in [4.69, 9.17) is 9.47 Å². The Morgan fingerprint density at radius 2 is 1.81 bits per heavy atom. The van der Waals surface area contributed by atoms with E-state index in [9.17, 15) is 8.42 Å². The smallest absolute Gasteiger partial charge is 0.217 e. The van der Waals surface area contributed by atoms with Gasteiger partial charge in [-0.25, -0.2) is 8.42 Å². The number of benzene rings is 1. The SMILES string of the molecule is C=CC[C@@H](C)[C@@H](CC1CC1)S(=O)(=O)N(CC1=CC=C(OC)CC1)Cc1ccc(OC)cc1. The minimum atomic E-state index is -3.51. The normalized spacial score (nSPS) is 18.5. The summed E-state index contributed by atoms with van der Waals surface area (Å²) >= 11 is 0. The lowest BCUT2D eigenvalue weighted by Gasteiger charge is -2.32. The van der Waals surface area contributed by atoms with Crippen molar-refractivity contribution in [2.45, 2.75) is 57.2 Å². The third kappa shape index (κ3) is 6.48. The predicted molar refractivity (Wildman–Crippen MR) is 130 cm³/mol. The molecule has 0 amide bonds.